The third kappa shape index (κ3) is 3.18. The number of aromatic nitrogens is 1. The van der Waals surface area contributed by atoms with Crippen molar-refractivity contribution in [3.05, 3.63) is 16.1 Å². The first-order valence-corrected chi connectivity index (χ1v) is 6.17. The minimum atomic E-state index is -0.242. The van der Waals surface area contributed by atoms with Crippen LogP contribution in [0.5, 0.6) is 0 Å². The van der Waals surface area contributed by atoms with Gasteiger partial charge in [0.05, 0.1) is 6.04 Å². The highest BCUT2D eigenvalue weighted by atomic mass is 35.5. The summed E-state index contributed by atoms with van der Waals surface area (Å²) in [5.74, 6) is -0.190. The molecule has 1 aliphatic heterocycles. The number of likely N-dealkylation sites (tertiary alicyclic amines) is 1. The van der Waals surface area contributed by atoms with Gasteiger partial charge in [-0.15, -0.1) is 23.7 Å². The van der Waals surface area contributed by atoms with Crippen molar-refractivity contribution in [2.75, 3.05) is 13.6 Å². The highest BCUT2D eigenvalue weighted by Crippen LogP contribution is 2.11. The van der Waals surface area contributed by atoms with Gasteiger partial charge in [0.1, 0.15) is 10.7 Å². The fourth-order valence-corrected chi connectivity index (χ4v) is 2.38. The summed E-state index contributed by atoms with van der Waals surface area (Å²) in [6, 6.07) is -0.122. The van der Waals surface area contributed by atoms with Crippen molar-refractivity contribution in [1.29, 1.82) is 0 Å². The molecule has 1 unspecified atom stereocenters. The average Bonchev–Trinajstić information content (AvgIpc) is 2.87. The van der Waals surface area contributed by atoms with Crippen LogP contribution in [-0.2, 0) is 11.3 Å². The van der Waals surface area contributed by atoms with Crippen molar-refractivity contribution in [2.45, 2.75) is 19.0 Å². The molecule has 2 amide bonds. The molecule has 2 heterocycles. The van der Waals surface area contributed by atoms with E-state index in [2.05, 4.69) is 10.3 Å². The van der Waals surface area contributed by atoms with Gasteiger partial charge >= 0.3 is 0 Å². The van der Waals surface area contributed by atoms with E-state index < -0.39 is 0 Å². The largest absolute Gasteiger partial charge is 0.346 e. The summed E-state index contributed by atoms with van der Waals surface area (Å²) in [6.45, 7) is 0.890. The van der Waals surface area contributed by atoms with Crippen LogP contribution in [0.3, 0.4) is 0 Å². The number of likely N-dealkylation sites (N-methyl/N-ethyl adjacent to an activating group) is 1. The molecule has 100 valence electrons. The summed E-state index contributed by atoms with van der Waals surface area (Å²) in [6.07, 6.45) is 0.357. The number of carbonyl (C=O) groups is 2. The predicted molar refractivity (Wildman–Crippen MR) is 70.8 cm³/mol. The number of rotatable bonds is 3. The summed E-state index contributed by atoms with van der Waals surface area (Å²) < 4.78 is 0. The van der Waals surface area contributed by atoms with Crippen molar-refractivity contribution < 1.29 is 9.59 Å². The Morgan fingerprint density at radius 2 is 2.44 bits per heavy atom. The zero-order valence-corrected chi connectivity index (χ0v) is 11.5. The van der Waals surface area contributed by atoms with E-state index in [1.807, 2.05) is 0 Å². The highest BCUT2D eigenvalue weighted by molar-refractivity contribution is 7.09. The van der Waals surface area contributed by atoms with E-state index in [0.29, 0.717) is 25.2 Å². The summed E-state index contributed by atoms with van der Waals surface area (Å²) in [7, 11) is 1.73. The second-order valence-electron chi connectivity index (χ2n) is 3.98. The fourth-order valence-electron chi connectivity index (χ4n) is 1.73. The summed E-state index contributed by atoms with van der Waals surface area (Å²) in [5, 5.41) is 5.21. The van der Waals surface area contributed by atoms with E-state index in [4.69, 9.17) is 5.73 Å². The normalized spacial score (nSPS) is 18.7. The number of nitrogens with one attached hydrogen (secondary N) is 1. The molecule has 0 aromatic carbocycles. The molecule has 1 aromatic heterocycles. The van der Waals surface area contributed by atoms with Gasteiger partial charge in [0.2, 0.25) is 5.91 Å². The molecule has 0 spiro atoms. The molecule has 1 saturated heterocycles. The van der Waals surface area contributed by atoms with Crippen LogP contribution in [-0.4, -0.2) is 41.3 Å². The number of thiazole rings is 1. The van der Waals surface area contributed by atoms with Crippen LogP contribution in [0.2, 0.25) is 0 Å². The number of hydrogen-bond donors (Lipinski definition) is 2. The number of amides is 2. The van der Waals surface area contributed by atoms with Crippen molar-refractivity contribution in [3.63, 3.8) is 0 Å². The van der Waals surface area contributed by atoms with E-state index in [1.165, 1.54) is 11.3 Å². The molecule has 6 nitrogen and oxygen atoms in total. The van der Waals surface area contributed by atoms with Gasteiger partial charge in [-0.05, 0) is 0 Å². The van der Waals surface area contributed by atoms with E-state index in [0.717, 1.165) is 5.01 Å². The minimum absolute atomic E-state index is 0. The maximum atomic E-state index is 11.8. The topological polar surface area (TPSA) is 88.3 Å². The van der Waals surface area contributed by atoms with Crippen LogP contribution in [0.15, 0.2) is 5.38 Å². The lowest BCUT2D eigenvalue weighted by molar-refractivity contribution is -0.126. The number of halogens is 1. The Labute approximate surface area is 115 Å². The highest BCUT2D eigenvalue weighted by Gasteiger charge is 2.28. The molecule has 1 aromatic rings. The van der Waals surface area contributed by atoms with Gasteiger partial charge in [-0.3, -0.25) is 9.59 Å². The van der Waals surface area contributed by atoms with Gasteiger partial charge < -0.3 is 16.0 Å². The molecule has 1 aliphatic rings. The maximum absolute atomic E-state index is 11.8. The first-order chi connectivity index (χ1) is 8.10. The molecular weight excluding hydrogens is 276 g/mol. The van der Waals surface area contributed by atoms with E-state index in [9.17, 15) is 9.59 Å². The Hall–Kier alpha value is -1.18. The van der Waals surface area contributed by atoms with E-state index >= 15 is 0 Å². The molecule has 8 heteroatoms. The molecular formula is C10H15ClN4O2S. The first-order valence-electron chi connectivity index (χ1n) is 5.29. The summed E-state index contributed by atoms with van der Waals surface area (Å²) in [5.41, 5.74) is 5.80. The van der Waals surface area contributed by atoms with Gasteiger partial charge in [0.15, 0.2) is 0 Å². The van der Waals surface area contributed by atoms with Crippen LogP contribution in [0, 0.1) is 0 Å². The van der Waals surface area contributed by atoms with Crippen LogP contribution in [0.1, 0.15) is 21.9 Å². The molecule has 0 radical (unpaired) electrons. The van der Waals surface area contributed by atoms with Crippen molar-refractivity contribution in [2.24, 2.45) is 5.73 Å². The van der Waals surface area contributed by atoms with E-state index in [1.54, 1.807) is 17.3 Å². The van der Waals surface area contributed by atoms with Gasteiger partial charge in [-0.1, -0.05) is 0 Å². The Kier molecular flexibility index (Phi) is 5.06. The third-order valence-electron chi connectivity index (χ3n) is 2.64. The fraction of sp³-hybridized carbons (Fsp3) is 0.500. The lowest BCUT2D eigenvalue weighted by Crippen LogP contribution is -2.36. The smallest absolute Gasteiger partial charge is 0.271 e. The second-order valence-corrected chi connectivity index (χ2v) is 4.92. The van der Waals surface area contributed by atoms with Crippen LogP contribution < -0.4 is 11.1 Å². The maximum Gasteiger partial charge on any atom is 0.271 e. The number of nitrogens with zero attached hydrogens (tertiary/aromatic N) is 2. The van der Waals surface area contributed by atoms with Gasteiger partial charge in [0.25, 0.3) is 5.91 Å². The molecule has 18 heavy (non-hydrogen) atoms. The SMILES string of the molecule is CN1CC(NC(=O)c2csc(CN)n2)CC1=O.Cl. The standard InChI is InChI=1S/C10H14N4O2S.ClH/c1-14-4-6(2-9(14)15)12-10(16)7-5-17-8(3-11)13-7;/h5-6H,2-4,11H2,1H3,(H,12,16);1H. The monoisotopic (exact) mass is 290 g/mol. The summed E-state index contributed by atoms with van der Waals surface area (Å²) >= 11 is 1.36. The zero-order valence-electron chi connectivity index (χ0n) is 9.88. The number of carbonyl (C=O) groups excluding carboxylic acids is 2. The molecule has 3 N–H and O–H groups in total. The molecule has 2 rings (SSSR count). The Balaban J connectivity index is 0.00000162. The van der Waals surface area contributed by atoms with Crippen LogP contribution >= 0.6 is 23.7 Å². The number of nitrogens with two attached hydrogens (primary N) is 1. The summed E-state index contributed by atoms with van der Waals surface area (Å²) in [4.78, 5) is 28.8. The molecule has 0 saturated carbocycles. The molecule has 1 fully saturated rings. The Morgan fingerprint density at radius 1 is 1.72 bits per heavy atom. The zero-order chi connectivity index (χ0) is 12.4. The lowest BCUT2D eigenvalue weighted by Gasteiger charge is -2.11. The Bertz CT molecular complexity index is 451. The molecule has 0 bridgehead atoms. The third-order valence-corrected chi connectivity index (χ3v) is 3.51. The van der Waals surface area contributed by atoms with Gasteiger partial charge in [-0.25, -0.2) is 4.98 Å². The quantitative estimate of drug-likeness (QED) is 0.819. The molecule has 0 aliphatic carbocycles. The van der Waals surface area contributed by atoms with Crippen LogP contribution in [0.25, 0.3) is 0 Å². The van der Waals surface area contributed by atoms with E-state index in [-0.39, 0.29) is 30.3 Å². The first kappa shape index (κ1) is 14.9. The second kappa shape index (κ2) is 6.12. The number of hydrogen-bond acceptors (Lipinski definition) is 5. The van der Waals surface area contributed by atoms with Gasteiger partial charge in [0, 0.05) is 31.9 Å². The predicted octanol–water partition coefficient (Wildman–Crippen LogP) is -0.0159. The lowest BCUT2D eigenvalue weighted by atomic mass is 10.2. The van der Waals surface area contributed by atoms with Gasteiger partial charge in [-0.2, -0.15) is 0 Å². The van der Waals surface area contributed by atoms with Crippen molar-refractivity contribution >= 4 is 35.6 Å². The van der Waals surface area contributed by atoms with Crippen LogP contribution in [0.4, 0.5) is 0 Å². The minimum Gasteiger partial charge on any atom is -0.346 e. The van der Waals surface area contributed by atoms with Crippen molar-refractivity contribution in [3.8, 4) is 0 Å². The average molecular weight is 291 g/mol. The Morgan fingerprint density at radius 3 is 2.94 bits per heavy atom. The molecule has 1 atom stereocenters. The van der Waals surface area contributed by atoms with Crippen molar-refractivity contribution in [1.82, 2.24) is 15.2 Å².